The summed E-state index contributed by atoms with van der Waals surface area (Å²) in [6.07, 6.45) is -4.37. The number of carbonyl (C=O) groups is 1. The average Bonchev–Trinajstić information content (AvgIpc) is 2.53. The van der Waals surface area contributed by atoms with Crippen LogP contribution in [0, 0.1) is 0 Å². The van der Waals surface area contributed by atoms with E-state index in [4.69, 9.17) is 0 Å². The number of amides is 1. The second-order valence-corrected chi connectivity index (χ2v) is 4.07. The number of hydrogen-bond acceptors (Lipinski definition) is 3. The number of thioether (sulfide) groups is 1. The van der Waals surface area contributed by atoms with E-state index < -0.39 is 24.2 Å². The first-order valence-electron chi connectivity index (χ1n) is 4.09. The predicted octanol–water partition coefficient (Wildman–Crippen LogP) is 0.716. The lowest BCUT2D eigenvalue weighted by Crippen LogP contribution is -2.50. The summed E-state index contributed by atoms with van der Waals surface area (Å²) in [4.78, 5) is 11.2. The van der Waals surface area contributed by atoms with Gasteiger partial charge in [0.2, 0.25) is 5.91 Å². The fourth-order valence-corrected chi connectivity index (χ4v) is 1.90. The first-order chi connectivity index (χ1) is 6.41. The molecule has 0 aromatic heterocycles. The van der Waals surface area contributed by atoms with Gasteiger partial charge in [-0.25, -0.2) is 0 Å². The van der Waals surface area contributed by atoms with E-state index >= 15 is 0 Å². The number of carbonyl (C=O) groups excluding carboxylic acids is 1. The minimum Gasteiger partial charge on any atom is -0.343 e. The summed E-state index contributed by atoms with van der Waals surface area (Å²) < 4.78 is 36.2. The molecule has 7 heteroatoms. The number of rotatable bonds is 2. The quantitative estimate of drug-likeness (QED) is 0.731. The van der Waals surface area contributed by atoms with E-state index in [1.165, 1.54) is 11.8 Å². The number of nitrogens with one attached hydrogen (secondary N) is 2. The summed E-state index contributed by atoms with van der Waals surface area (Å²) in [6.45, 7) is 0.931. The number of alkyl halides is 3. The highest BCUT2D eigenvalue weighted by Gasteiger charge is 2.38. The molecule has 2 atom stereocenters. The van der Waals surface area contributed by atoms with Gasteiger partial charge in [0, 0.05) is 11.6 Å². The zero-order valence-electron chi connectivity index (χ0n) is 7.52. The monoisotopic (exact) mass is 228 g/mol. The molecule has 0 spiro atoms. The van der Waals surface area contributed by atoms with Crippen LogP contribution in [0.3, 0.4) is 0 Å². The molecule has 0 bridgehead atoms. The van der Waals surface area contributed by atoms with Gasteiger partial charge in [-0.3, -0.25) is 10.1 Å². The Labute approximate surface area is 83.8 Å². The fourth-order valence-electron chi connectivity index (χ4n) is 0.959. The maximum atomic E-state index is 12.1. The topological polar surface area (TPSA) is 41.1 Å². The molecule has 0 aromatic carbocycles. The van der Waals surface area contributed by atoms with Crippen LogP contribution in [-0.2, 0) is 4.79 Å². The van der Waals surface area contributed by atoms with E-state index in [1.54, 1.807) is 0 Å². The Morgan fingerprint density at radius 2 is 2.29 bits per heavy atom. The lowest BCUT2D eigenvalue weighted by molar-refractivity contribution is -0.158. The third kappa shape index (κ3) is 3.06. The molecule has 0 radical (unpaired) electrons. The number of halogens is 3. The molecule has 1 heterocycles. The Morgan fingerprint density at radius 3 is 2.71 bits per heavy atom. The highest BCUT2D eigenvalue weighted by molar-refractivity contribution is 7.99. The van der Waals surface area contributed by atoms with Crippen LogP contribution >= 0.6 is 11.8 Å². The summed E-state index contributed by atoms with van der Waals surface area (Å²) >= 11 is 1.49. The summed E-state index contributed by atoms with van der Waals surface area (Å²) in [5.74, 6) is 0.550. The van der Waals surface area contributed by atoms with Crippen LogP contribution in [0.15, 0.2) is 0 Å². The van der Waals surface area contributed by atoms with Gasteiger partial charge in [-0.1, -0.05) is 0 Å². The van der Waals surface area contributed by atoms with Gasteiger partial charge in [-0.15, -0.1) is 11.8 Å². The molecule has 3 nitrogen and oxygen atoms in total. The molecule has 1 aliphatic heterocycles. The van der Waals surface area contributed by atoms with Gasteiger partial charge in [0.25, 0.3) is 0 Å². The minimum absolute atomic E-state index is 0.496. The molecule has 1 amide bonds. The Balaban J connectivity index is 2.40. The van der Waals surface area contributed by atoms with Crippen LogP contribution in [0.1, 0.15) is 6.92 Å². The summed E-state index contributed by atoms with van der Waals surface area (Å²) in [5.41, 5.74) is 0. The molecule has 1 fully saturated rings. The van der Waals surface area contributed by atoms with Crippen LogP contribution in [0.2, 0.25) is 0 Å². The van der Waals surface area contributed by atoms with Gasteiger partial charge < -0.3 is 5.32 Å². The van der Waals surface area contributed by atoms with Crippen molar-refractivity contribution in [1.29, 1.82) is 0 Å². The third-order valence-electron chi connectivity index (χ3n) is 1.88. The molecule has 0 aromatic rings. The highest BCUT2D eigenvalue weighted by Crippen LogP contribution is 2.20. The summed E-state index contributed by atoms with van der Waals surface area (Å²) in [6, 6.07) is -2.29. The van der Waals surface area contributed by atoms with Crippen LogP contribution in [0.4, 0.5) is 13.2 Å². The van der Waals surface area contributed by atoms with Crippen molar-refractivity contribution < 1.29 is 18.0 Å². The Kier molecular flexibility index (Phi) is 3.65. The van der Waals surface area contributed by atoms with Crippen LogP contribution in [0.25, 0.3) is 0 Å². The SMILES string of the molecule is CC(NC(=O)C1CSCN1)C(F)(F)F. The zero-order valence-corrected chi connectivity index (χ0v) is 8.34. The highest BCUT2D eigenvalue weighted by atomic mass is 32.2. The lowest BCUT2D eigenvalue weighted by Gasteiger charge is -2.19. The first-order valence-corrected chi connectivity index (χ1v) is 5.25. The van der Waals surface area contributed by atoms with Crippen LogP contribution < -0.4 is 10.6 Å². The Bertz CT molecular complexity index is 215. The van der Waals surface area contributed by atoms with Gasteiger partial charge >= 0.3 is 6.18 Å². The molecule has 2 unspecified atom stereocenters. The average molecular weight is 228 g/mol. The van der Waals surface area contributed by atoms with Gasteiger partial charge in [-0.2, -0.15) is 13.2 Å². The molecule has 1 saturated heterocycles. The normalized spacial score (nSPS) is 24.7. The lowest BCUT2D eigenvalue weighted by atomic mass is 10.2. The minimum atomic E-state index is -4.37. The molecule has 14 heavy (non-hydrogen) atoms. The van der Waals surface area contributed by atoms with E-state index in [1.807, 2.05) is 5.32 Å². The smallest absolute Gasteiger partial charge is 0.343 e. The van der Waals surface area contributed by atoms with E-state index in [0.717, 1.165) is 6.92 Å². The fraction of sp³-hybridized carbons (Fsp3) is 0.857. The van der Waals surface area contributed by atoms with Gasteiger partial charge in [0.05, 0.1) is 6.04 Å². The van der Waals surface area contributed by atoms with Crippen molar-refractivity contribution in [2.75, 3.05) is 11.6 Å². The van der Waals surface area contributed by atoms with Gasteiger partial charge in [0.1, 0.15) is 6.04 Å². The summed E-state index contributed by atoms with van der Waals surface area (Å²) in [7, 11) is 0. The van der Waals surface area contributed by atoms with Crippen molar-refractivity contribution >= 4 is 17.7 Å². The molecule has 1 rings (SSSR count). The van der Waals surface area contributed by atoms with Crippen molar-refractivity contribution in [2.45, 2.75) is 25.2 Å². The molecule has 0 saturated carbocycles. The molecule has 0 aliphatic carbocycles. The van der Waals surface area contributed by atoms with E-state index in [2.05, 4.69) is 5.32 Å². The van der Waals surface area contributed by atoms with Crippen molar-refractivity contribution in [1.82, 2.24) is 10.6 Å². The largest absolute Gasteiger partial charge is 0.408 e. The molecule has 2 N–H and O–H groups in total. The molecular weight excluding hydrogens is 217 g/mol. The van der Waals surface area contributed by atoms with E-state index in [0.29, 0.717) is 11.6 Å². The van der Waals surface area contributed by atoms with Crippen molar-refractivity contribution in [2.24, 2.45) is 0 Å². The van der Waals surface area contributed by atoms with Crippen LogP contribution in [-0.4, -0.2) is 35.8 Å². The van der Waals surface area contributed by atoms with E-state index in [-0.39, 0.29) is 0 Å². The number of hydrogen-bond donors (Lipinski definition) is 2. The van der Waals surface area contributed by atoms with Gasteiger partial charge in [-0.05, 0) is 6.92 Å². The van der Waals surface area contributed by atoms with Crippen LogP contribution in [0.5, 0.6) is 0 Å². The maximum absolute atomic E-state index is 12.1. The Morgan fingerprint density at radius 1 is 1.64 bits per heavy atom. The van der Waals surface area contributed by atoms with Crippen molar-refractivity contribution in [3.8, 4) is 0 Å². The predicted molar refractivity (Wildman–Crippen MR) is 47.9 cm³/mol. The van der Waals surface area contributed by atoms with E-state index in [9.17, 15) is 18.0 Å². The van der Waals surface area contributed by atoms with Crippen molar-refractivity contribution in [3.05, 3.63) is 0 Å². The maximum Gasteiger partial charge on any atom is 0.408 e. The standard InChI is InChI=1S/C7H11F3N2OS/c1-4(7(8,9)10)12-6(13)5-2-14-3-11-5/h4-5,11H,2-3H2,1H3,(H,12,13). The first kappa shape index (κ1) is 11.6. The molecular formula is C7H11F3N2OS. The molecule has 82 valence electrons. The molecule has 1 aliphatic rings. The van der Waals surface area contributed by atoms with Gasteiger partial charge in [0.15, 0.2) is 0 Å². The Hall–Kier alpha value is -0.430. The second kappa shape index (κ2) is 4.39. The second-order valence-electron chi connectivity index (χ2n) is 3.04. The summed E-state index contributed by atoms with van der Waals surface area (Å²) in [5, 5.41) is 4.72. The third-order valence-corrected chi connectivity index (χ3v) is 2.82. The zero-order chi connectivity index (χ0) is 10.8. The van der Waals surface area contributed by atoms with Crippen molar-refractivity contribution in [3.63, 3.8) is 0 Å².